The first-order valence-electron chi connectivity index (χ1n) is 5.15. The van der Waals surface area contributed by atoms with Crippen LogP contribution in [0.3, 0.4) is 0 Å². The van der Waals surface area contributed by atoms with Crippen molar-refractivity contribution >= 4 is 39.3 Å². The molecule has 0 saturated heterocycles. The van der Waals surface area contributed by atoms with Crippen LogP contribution >= 0.6 is 27.5 Å². The monoisotopic (exact) mass is 319 g/mol. The molecule has 1 aromatic carbocycles. The molecular weight excluding hydrogens is 305 g/mol. The molecule has 1 amide bonds. The third kappa shape index (κ3) is 4.56. The van der Waals surface area contributed by atoms with E-state index in [0.29, 0.717) is 10.7 Å². The summed E-state index contributed by atoms with van der Waals surface area (Å²) in [5.74, 6) is 0. The molecule has 0 aromatic heterocycles. The zero-order valence-electron chi connectivity index (χ0n) is 10.2. The number of carbonyl (C=O) groups is 1. The zero-order chi connectivity index (χ0) is 13.2. The minimum Gasteiger partial charge on any atom is -0.444 e. The molecule has 0 aliphatic heterocycles. The third-order valence-corrected chi connectivity index (χ3v) is 2.95. The summed E-state index contributed by atoms with van der Waals surface area (Å²) < 4.78 is 5.92. The Kier molecular flexibility index (Phi) is 4.44. The van der Waals surface area contributed by atoms with Crippen molar-refractivity contribution in [3.63, 3.8) is 0 Å². The number of nitrogens with one attached hydrogen (secondary N) is 1. The lowest BCUT2D eigenvalue weighted by atomic mass is 10.2. The number of carbonyl (C=O) groups excluding carboxylic acids is 1. The van der Waals surface area contributed by atoms with Crippen molar-refractivity contribution in [1.82, 2.24) is 0 Å². The Morgan fingerprint density at radius 2 is 2.00 bits per heavy atom. The Bertz CT molecular complexity index is 441. The molecule has 0 bridgehead atoms. The summed E-state index contributed by atoms with van der Waals surface area (Å²) in [6.45, 7) is 7.32. The van der Waals surface area contributed by atoms with E-state index in [1.807, 2.05) is 33.8 Å². The fourth-order valence-corrected chi connectivity index (χ4v) is 1.88. The van der Waals surface area contributed by atoms with E-state index in [4.69, 9.17) is 16.3 Å². The highest BCUT2D eigenvalue weighted by Crippen LogP contribution is 2.29. The van der Waals surface area contributed by atoms with Gasteiger partial charge < -0.3 is 4.74 Å². The number of rotatable bonds is 1. The van der Waals surface area contributed by atoms with Gasteiger partial charge in [0.2, 0.25) is 0 Å². The maximum absolute atomic E-state index is 11.6. The predicted octanol–water partition coefficient (Wildman–Crippen LogP) is 4.76. The minimum absolute atomic E-state index is 0.502. The smallest absolute Gasteiger partial charge is 0.412 e. The topological polar surface area (TPSA) is 38.3 Å². The van der Waals surface area contributed by atoms with Crippen molar-refractivity contribution in [3.8, 4) is 0 Å². The van der Waals surface area contributed by atoms with Crippen molar-refractivity contribution in [2.45, 2.75) is 33.3 Å². The Morgan fingerprint density at radius 3 is 2.53 bits per heavy atom. The van der Waals surface area contributed by atoms with E-state index in [9.17, 15) is 4.79 Å². The number of halogens is 2. The number of hydrogen-bond acceptors (Lipinski definition) is 2. The second-order valence-corrected chi connectivity index (χ2v) is 5.97. The lowest BCUT2D eigenvalue weighted by molar-refractivity contribution is 0.0636. The van der Waals surface area contributed by atoms with Crippen LogP contribution in [0, 0.1) is 6.92 Å². The van der Waals surface area contributed by atoms with Gasteiger partial charge in [-0.2, -0.15) is 0 Å². The van der Waals surface area contributed by atoms with Gasteiger partial charge in [-0.25, -0.2) is 4.79 Å². The van der Waals surface area contributed by atoms with Crippen LogP contribution in [0.15, 0.2) is 16.6 Å². The molecule has 94 valence electrons. The summed E-state index contributed by atoms with van der Waals surface area (Å²) >= 11 is 9.35. The van der Waals surface area contributed by atoms with E-state index >= 15 is 0 Å². The van der Waals surface area contributed by atoms with Gasteiger partial charge in [-0.05, 0) is 61.3 Å². The highest BCUT2D eigenvalue weighted by atomic mass is 79.9. The number of benzene rings is 1. The van der Waals surface area contributed by atoms with Gasteiger partial charge in [0.25, 0.3) is 0 Å². The molecule has 0 atom stereocenters. The molecule has 17 heavy (non-hydrogen) atoms. The summed E-state index contributed by atoms with van der Waals surface area (Å²) in [5, 5.41) is 3.24. The van der Waals surface area contributed by atoms with Gasteiger partial charge >= 0.3 is 6.09 Å². The molecule has 0 aliphatic carbocycles. The molecule has 5 heteroatoms. The Hall–Kier alpha value is -0.740. The quantitative estimate of drug-likeness (QED) is 0.810. The van der Waals surface area contributed by atoms with Crippen molar-refractivity contribution in [1.29, 1.82) is 0 Å². The van der Waals surface area contributed by atoms with Crippen LogP contribution < -0.4 is 5.32 Å². The summed E-state index contributed by atoms with van der Waals surface area (Å²) in [6.07, 6.45) is -0.502. The second-order valence-electron chi connectivity index (χ2n) is 4.71. The molecule has 0 radical (unpaired) electrons. The normalized spacial score (nSPS) is 11.2. The van der Waals surface area contributed by atoms with E-state index in [-0.39, 0.29) is 0 Å². The van der Waals surface area contributed by atoms with Gasteiger partial charge in [0.05, 0.1) is 5.69 Å². The first kappa shape index (κ1) is 14.3. The maximum atomic E-state index is 11.6. The van der Waals surface area contributed by atoms with Crippen LogP contribution in [-0.2, 0) is 4.74 Å². The van der Waals surface area contributed by atoms with Gasteiger partial charge in [0.15, 0.2) is 0 Å². The molecule has 1 rings (SSSR count). The van der Waals surface area contributed by atoms with Crippen LogP contribution in [0.25, 0.3) is 0 Å². The predicted molar refractivity (Wildman–Crippen MR) is 73.7 cm³/mol. The number of aryl methyl sites for hydroxylation is 1. The van der Waals surface area contributed by atoms with E-state index in [0.717, 1.165) is 10.0 Å². The molecule has 0 unspecified atom stereocenters. The number of amides is 1. The number of anilines is 1. The Labute approximate surface area is 115 Å². The SMILES string of the molecule is Cc1cc(Br)c(NC(=O)OC(C)(C)C)cc1Cl. The fourth-order valence-electron chi connectivity index (χ4n) is 1.16. The van der Waals surface area contributed by atoms with Gasteiger partial charge in [-0.15, -0.1) is 0 Å². The van der Waals surface area contributed by atoms with Crippen LogP contribution in [0.2, 0.25) is 5.02 Å². The molecule has 0 heterocycles. The molecule has 3 nitrogen and oxygen atoms in total. The standard InChI is InChI=1S/C12H15BrClNO2/c1-7-5-8(13)10(6-9(7)14)15-11(16)17-12(2,3)4/h5-6H,1-4H3,(H,15,16). The lowest BCUT2D eigenvalue weighted by Crippen LogP contribution is -2.27. The minimum atomic E-state index is -0.523. The highest BCUT2D eigenvalue weighted by molar-refractivity contribution is 9.10. The van der Waals surface area contributed by atoms with Crippen molar-refractivity contribution in [2.24, 2.45) is 0 Å². The average molecular weight is 321 g/mol. The van der Waals surface area contributed by atoms with E-state index in [1.165, 1.54) is 0 Å². The van der Waals surface area contributed by atoms with Crippen LogP contribution in [0.5, 0.6) is 0 Å². The number of hydrogen-bond donors (Lipinski definition) is 1. The molecule has 1 N–H and O–H groups in total. The van der Waals surface area contributed by atoms with Crippen molar-refractivity contribution < 1.29 is 9.53 Å². The molecule has 0 aliphatic rings. The average Bonchev–Trinajstić information content (AvgIpc) is 2.11. The Morgan fingerprint density at radius 1 is 1.41 bits per heavy atom. The van der Waals surface area contributed by atoms with Gasteiger partial charge in [0, 0.05) is 9.50 Å². The van der Waals surface area contributed by atoms with Crippen LogP contribution in [-0.4, -0.2) is 11.7 Å². The second kappa shape index (κ2) is 5.27. The van der Waals surface area contributed by atoms with E-state index in [2.05, 4.69) is 21.2 Å². The highest BCUT2D eigenvalue weighted by Gasteiger charge is 2.17. The maximum Gasteiger partial charge on any atom is 0.412 e. The zero-order valence-corrected chi connectivity index (χ0v) is 12.6. The summed E-state index contributed by atoms with van der Waals surface area (Å²) in [7, 11) is 0. The van der Waals surface area contributed by atoms with Crippen molar-refractivity contribution in [3.05, 3.63) is 27.2 Å². The third-order valence-electron chi connectivity index (χ3n) is 1.88. The molecule has 0 saturated carbocycles. The molecule has 0 spiro atoms. The van der Waals surface area contributed by atoms with Gasteiger partial charge in [-0.3, -0.25) is 5.32 Å². The number of ether oxygens (including phenoxy) is 1. The first-order chi connectivity index (χ1) is 7.69. The first-order valence-corrected chi connectivity index (χ1v) is 6.32. The van der Waals surface area contributed by atoms with Crippen LogP contribution in [0.1, 0.15) is 26.3 Å². The van der Waals surface area contributed by atoms with Gasteiger partial charge in [-0.1, -0.05) is 11.6 Å². The van der Waals surface area contributed by atoms with E-state index in [1.54, 1.807) is 6.07 Å². The summed E-state index contributed by atoms with van der Waals surface area (Å²) in [5.41, 5.74) is 1.01. The summed E-state index contributed by atoms with van der Waals surface area (Å²) in [6, 6.07) is 3.53. The summed E-state index contributed by atoms with van der Waals surface area (Å²) in [4.78, 5) is 11.6. The fraction of sp³-hybridized carbons (Fsp3) is 0.417. The van der Waals surface area contributed by atoms with Crippen molar-refractivity contribution in [2.75, 3.05) is 5.32 Å². The lowest BCUT2D eigenvalue weighted by Gasteiger charge is -2.20. The van der Waals surface area contributed by atoms with Gasteiger partial charge in [0.1, 0.15) is 5.60 Å². The Balaban J connectivity index is 2.82. The largest absolute Gasteiger partial charge is 0.444 e. The molecule has 0 fully saturated rings. The molecule has 1 aromatic rings. The molecular formula is C12H15BrClNO2. The van der Waals surface area contributed by atoms with Crippen LogP contribution in [0.4, 0.5) is 10.5 Å². The van der Waals surface area contributed by atoms with E-state index < -0.39 is 11.7 Å².